The number of nitrogens with two attached hydrogens (primary N) is 1. The Balaban J connectivity index is 0.000000437. The molecule has 1 aromatic rings. The number of halogens is 1. The molecule has 0 aliphatic rings. The summed E-state index contributed by atoms with van der Waals surface area (Å²) in [7, 11) is 1.59. The second-order valence-corrected chi connectivity index (χ2v) is 6.01. The molecule has 0 fully saturated rings. The van der Waals surface area contributed by atoms with E-state index in [0.717, 1.165) is 10.2 Å². The summed E-state index contributed by atoms with van der Waals surface area (Å²) in [6, 6.07) is 5.54. The van der Waals surface area contributed by atoms with Crippen molar-refractivity contribution in [3.8, 4) is 5.75 Å². The van der Waals surface area contributed by atoms with Crippen molar-refractivity contribution in [2.24, 2.45) is 16.1 Å². The molecular formula is C13H21BrN2O. The Kier molecular flexibility index (Phi) is 6.88. The first-order valence-electron chi connectivity index (χ1n) is 5.35. The van der Waals surface area contributed by atoms with Crippen molar-refractivity contribution >= 4 is 28.0 Å². The van der Waals surface area contributed by atoms with Crippen molar-refractivity contribution < 1.29 is 4.74 Å². The van der Waals surface area contributed by atoms with Crippen LogP contribution in [0.3, 0.4) is 0 Å². The largest absolute Gasteiger partial charge is 0.494 e. The summed E-state index contributed by atoms with van der Waals surface area (Å²) in [4.78, 5) is 3.93. The van der Waals surface area contributed by atoms with Gasteiger partial charge in [-0.2, -0.15) is 0 Å². The highest BCUT2D eigenvalue weighted by Gasteiger charge is 2.00. The van der Waals surface area contributed by atoms with Crippen molar-refractivity contribution in [3.05, 3.63) is 22.7 Å². The molecule has 0 saturated carbocycles. The van der Waals surface area contributed by atoms with Crippen LogP contribution in [0.2, 0.25) is 0 Å². The van der Waals surface area contributed by atoms with E-state index in [-0.39, 0.29) is 0 Å². The van der Waals surface area contributed by atoms with Gasteiger partial charge in [0.25, 0.3) is 0 Å². The smallest absolute Gasteiger partial charge is 0.145 e. The number of benzene rings is 1. The fourth-order valence-corrected chi connectivity index (χ4v) is 1.18. The molecule has 0 aliphatic carbocycles. The Bertz CT molecular complexity index is 364. The number of aliphatic imine (C=N–C) groups is 1. The maximum Gasteiger partial charge on any atom is 0.145 e. The molecule has 0 bridgehead atoms. The van der Waals surface area contributed by atoms with E-state index in [1.165, 1.54) is 6.34 Å². The zero-order valence-corrected chi connectivity index (χ0v) is 12.7. The van der Waals surface area contributed by atoms with Gasteiger partial charge in [0.2, 0.25) is 0 Å². The van der Waals surface area contributed by atoms with E-state index in [2.05, 4.69) is 48.6 Å². The normalized spacial score (nSPS) is 10.9. The van der Waals surface area contributed by atoms with E-state index in [4.69, 9.17) is 10.5 Å². The van der Waals surface area contributed by atoms with Crippen LogP contribution in [0, 0.1) is 5.41 Å². The predicted molar refractivity (Wildman–Crippen MR) is 78.2 cm³/mol. The lowest BCUT2D eigenvalue weighted by molar-refractivity contribution is 0.416. The highest BCUT2D eigenvalue weighted by molar-refractivity contribution is 9.10. The van der Waals surface area contributed by atoms with E-state index in [0.29, 0.717) is 11.2 Å². The second-order valence-electron chi connectivity index (χ2n) is 5.09. The molecule has 2 N–H and O–H groups in total. The van der Waals surface area contributed by atoms with Crippen LogP contribution < -0.4 is 10.5 Å². The highest BCUT2D eigenvalue weighted by Crippen LogP contribution is 2.29. The molecule has 0 heterocycles. The number of nitrogens with zero attached hydrogens (tertiary/aromatic N) is 1. The molecule has 4 heteroatoms. The average Bonchev–Trinajstić information content (AvgIpc) is 2.18. The minimum atomic E-state index is 0.500. The first-order chi connectivity index (χ1) is 7.77. The van der Waals surface area contributed by atoms with Crippen LogP contribution >= 0.6 is 15.9 Å². The van der Waals surface area contributed by atoms with Gasteiger partial charge in [0.05, 0.1) is 13.4 Å². The summed E-state index contributed by atoms with van der Waals surface area (Å²) >= 11 is 3.33. The summed E-state index contributed by atoms with van der Waals surface area (Å²) in [5.74, 6) is 0.700. The lowest BCUT2D eigenvalue weighted by Gasteiger charge is -2.05. The van der Waals surface area contributed by atoms with Gasteiger partial charge in [-0.05, 0) is 23.6 Å². The fraction of sp³-hybridized carbons (Fsp3) is 0.462. The summed E-state index contributed by atoms with van der Waals surface area (Å²) in [5.41, 5.74) is 6.39. The number of methoxy groups -OCH3 is 1. The minimum absolute atomic E-state index is 0.500. The zero-order valence-electron chi connectivity index (χ0n) is 11.1. The summed E-state index contributed by atoms with van der Waals surface area (Å²) in [5, 5.41) is 0. The third-order valence-electron chi connectivity index (χ3n) is 1.36. The van der Waals surface area contributed by atoms with Crippen molar-refractivity contribution in [2.45, 2.75) is 27.7 Å². The van der Waals surface area contributed by atoms with Crippen molar-refractivity contribution in [3.63, 3.8) is 0 Å². The summed E-state index contributed by atoms with van der Waals surface area (Å²) < 4.78 is 6.03. The molecule has 3 nitrogen and oxygen atoms in total. The molecule has 17 heavy (non-hydrogen) atoms. The molecule has 0 unspecified atom stereocenters. The van der Waals surface area contributed by atoms with Crippen molar-refractivity contribution in [1.29, 1.82) is 0 Å². The third-order valence-corrected chi connectivity index (χ3v) is 1.85. The maximum absolute atomic E-state index is 5.16. The van der Waals surface area contributed by atoms with Gasteiger partial charge in [-0.25, -0.2) is 4.99 Å². The van der Waals surface area contributed by atoms with Gasteiger partial charge < -0.3 is 10.5 Å². The average molecular weight is 301 g/mol. The van der Waals surface area contributed by atoms with Gasteiger partial charge >= 0.3 is 0 Å². The Morgan fingerprint density at radius 2 is 1.82 bits per heavy atom. The Morgan fingerprint density at radius 1 is 1.29 bits per heavy atom. The number of hydrogen-bond donors (Lipinski definition) is 1. The SMILES string of the molecule is CC(C)(C)C.COc1cc(Br)ccc1N=CN. The van der Waals surface area contributed by atoms with Crippen LogP contribution in [0.25, 0.3) is 0 Å². The van der Waals surface area contributed by atoms with Gasteiger partial charge in [0, 0.05) is 4.47 Å². The molecular weight excluding hydrogens is 280 g/mol. The quantitative estimate of drug-likeness (QED) is 0.659. The van der Waals surface area contributed by atoms with E-state index in [1.54, 1.807) is 7.11 Å². The number of rotatable bonds is 2. The van der Waals surface area contributed by atoms with Gasteiger partial charge in [-0.3, -0.25) is 0 Å². The molecule has 0 atom stereocenters. The molecule has 0 radical (unpaired) electrons. The van der Waals surface area contributed by atoms with Gasteiger partial charge in [0.1, 0.15) is 11.4 Å². The summed E-state index contributed by atoms with van der Waals surface area (Å²) in [6.45, 7) is 8.75. The lowest BCUT2D eigenvalue weighted by Crippen LogP contribution is -1.93. The first kappa shape index (κ1) is 16.0. The van der Waals surface area contributed by atoms with Crippen LogP contribution in [0.15, 0.2) is 27.7 Å². The van der Waals surface area contributed by atoms with E-state index in [9.17, 15) is 0 Å². The Morgan fingerprint density at radius 3 is 2.24 bits per heavy atom. The van der Waals surface area contributed by atoms with Gasteiger partial charge in [-0.1, -0.05) is 43.6 Å². The van der Waals surface area contributed by atoms with Crippen LogP contribution in [-0.4, -0.2) is 13.4 Å². The predicted octanol–water partition coefficient (Wildman–Crippen LogP) is 4.13. The van der Waals surface area contributed by atoms with Gasteiger partial charge in [-0.15, -0.1) is 0 Å². The zero-order chi connectivity index (χ0) is 13.5. The highest BCUT2D eigenvalue weighted by atomic mass is 79.9. The Hall–Kier alpha value is -1.03. The lowest BCUT2D eigenvalue weighted by atomic mass is 10.0. The monoisotopic (exact) mass is 300 g/mol. The Labute approximate surface area is 112 Å². The van der Waals surface area contributed by atoms with Crippen molar-refractivity contribution in [2.75, 3.05) is 7.11 Å². The minimum Gasteiger partial charge on any atom is -0.494 e. The first-order valence-corrected chi connectivity index (χ1v) is 6.15. The number of ether oxygens (including phenoxy) is 1. The fourth-order valence-electron chi connectivity index (χ4n) is 0.838. The number of hydrogen-bond acceptors (Lipinski definition) is 2. The maximum atomic E-state index is 5.16. The molecule has 0 aliphatic heterocycles. The van der Waals surface area contributed by atoms with E-state index < -0.39 is 0 Å². The molecule has 0 saturated heterocycles. The van der Waals surface area contributed by atoms with Crippen LogP contribution in [0.5, 0.6) is 5.75 Å². The van der Waals surface area contributed by atoms with Crippen LogP contribution in [0.1, 0.15) is 27.7 Å². The van der Waals surface area contributed by atoms with Crippen molar-refractivity contribution in [1.82, 2.24) is 0 Å². The molecule has 1 aromatic carbocycles. The second kappa shape index (κ2) is 7.33. The topological polar surface area (TPSA) is 47.6 Å². The molecule has 96 valence electrons. The van der Waals surface area contributed by atoms with Crippen LogP contribution in [0.4, 0.5) is 5.69 Å². The molecule has 1 rings (SSSR count). The van der Waals surface area contributed by atoms with E-state index in [1.807, 2.05) is 18.2 Å². The standard InChI is InChI=1S/C8H9BrN2O.C5H12/c1-12-8-4-6(9)2-3-7(8)11-5-10;1-5(2,3)4/h2-5H,1H3,(H2,10,11);1-4H3. The molecule has 0 amide bonds. The summed E-state index contributed by atoms with van der Waals surface area (Å²) in [6.07, 6.45) is 1.24. The van der Waals surface area contributed by atoms with E-state index >= 15 is 0 Å². The molecule has 0 spiro atoms. The third kappa shape index (κ3) is 8.74. The van der Waals surface area contributed by atoms with Crippen LogP contribution in [-0.2, 0) is 0 Å². The molecule has 0 aromatic heterocycles. The van der Waals surface area contributed by atoms with Gasteiger partial charge in [0.15, 0.2) is 0 Å².